The van der Waals surface area contributed by atoms with Crippen LogP contribution in [-0.2, 0) is 14.3 Å². The van der Waals surface area contributed by atoms with Gasteiger partial charge in [0.15, 0.2) is 24.7 Å². The van der Waals surface area contributed by atoms with Crippen molar-refractivity contribution in [2.75, 3.05) is 25.1 Å². The van der Waals surface area contributed by atoms with Crippen molar-refractivity contribution < 1.29 is 28.7 Å². The number of rotatable bonds is 9. The van der Waals surface area contributed by atoms with Crippen molar-refractivity contribution in [3.63, 3.8) is 0 Å². The first-order chi connectivity index (χ1) is 13.4. The molecule has 0 saturated carbocycles. The van der Waals surface area contributed by atoms with Crippen molar-refractivity contribution in [3.05, 3.63) is 57.6 Å². The number of anilines is 1. The zero-order valence-electron chi connectivity index (χ0n) is 14.8. The standard InChI is InChI=1S/C18H17ClN2O7/c1-2-26-15-5-3-4-6-16(15)27-11-18(23)28-10-17(22)20-12-7-8-13(19)14(9-12)21(24)25/h3-9H,2,10-11H2,1H3,(H,20,22). The predicted octanol–water partition coefficient (Wildman–Crippen LogP) is 3.21. The third kappa shape index (κ3) is 6.13. The van der Waals surface area contributed by atoms with Gasteiger partial charge in [0.2, 0.25) is 0 Å². The Kier molecular flexibility index (Phi) is 7.58. The number of nitro groups is 1. The SMILES string of the molecule is CCOc1ccccc1OCC(=O)OCC(=O)Nc1ccc(Cl)c([N+](=O)[O-])c1. The highest BCUT2D eigenvalue weighted by Crippen LogP contribution is 2.27. The summed E-state index contributed by atoms with van der Waals surface area (Å²) in [6.45, 7) is 1.27. The van der Waals surface area contributed by atoms with E-state index in [2.05, 4.69) is 5.32 Å². The molecular weight excluding hydrogens is 392 g/mol. The summed E-state index contributed by atoms with van der Waals surface area (Å²) in [5, 5.41) is 13.2. The second kappa shape index (κ2) is 10.1. The highest BCUT2D eigenvalue weighted by atomic mass is 35.5. The van der Waals surface area contributed by atoms with Gasteiger partial charge in [0.05, 0.1) is 11.5 Å². The predicted molar refractivity (Wildman–Crippen MR) is 101 cm³/mol. The first-order valence-electron chi connectivity index (χ1n) is 8.14. The largest absolute Gasteiger partial charge is 0.490 e. The van der Waals surface area contributed by atoms with Crippen LogP contribution < -0.4 is 14.8 Å². The average molecular weight is 409 g/mol. The van der Waals surface area contributed by atoms with Crippen LogP contribution in [-0.4, -0.2) is 36.6 Å². The molecule has 0 saturated heterocycles. The molecule has 0 aromatic heterocycles. The molecule has 2 aromatic carbocycles. The molecule has 148 valence electrons. The minimum absolute atomic E-state index is 0.0566. The van der Waals surface area contributed by atoms with E-state index in [0.29, 0.717) is 18.1 Å². The average Bonchev–Trinajstić information content (AvgIpc) is 2.67. The number of nitrogens with one attached hydrogen (secondary N) is 1. The third-order valence-electron chi connectivity index (χ3n) is 3.29. The number of carbonyl (C=O) groups is 2. The Balaban J connectivity index is 1.82. The number of para-hydroxylation sites is 2. The van der Waals surface area contributed by atoms with E-state index in [1.807, 2.05) is 6.92 Å². The van der Waals surface area contributed by atoms with Gasteiger partial charge in [-0.1, -0.05) is 23.7 Å². The van der Waals surface area contributed by atoms with Crippen molar-refractivity contribution in [2.24, 2.45) is 0 Å². The van der Waals surface area contributed by atoms with Crippen LogP contribution in [0.3, 0.4) is 0 Å². The molecule has 0 fully saturated rings. The fourth-order valence-corrected chi connectivity index (χ4v) is 2.28. The Morgan fingerprint density at radius 2 is 1.79 bits per heavy atom. The molecule has 2 aromatic rings. The maximum Gasteiger partial charge on any atom is 0.344 e. The molecule has 0 aliphatic carbocycles. The molecule has 28 heavy (non-hydrogen) atoms. The van der Waals surface area contributed by atoms with Gasteiger partial charge in [-0.25, -0.2) is 4.79 Å². The number of halogens is 1. The molecule has 2 rings (SSSR count). The number of nitro benzene ring substituents is 1. The Hall–Kier alpha value is -3.33. The van der Waals surface area contributed by atoms with Crippen LogP contribution in [0, 0.1) is 10.1 Å². The van der Waals surface area contributed by atoms with Gasteiger partial charge in [0, 0.05) is 11.8 Å². The Bertz CT molecular complexity index is 873. The van der Waals surface area contributed by atoms with E-state index < -0.39 is 30.0 Å². The van der Waals surface area contributed by atoms with Crippen LogP contribution in [0.4, 0.5) is 11.4 Å². The molecule has 1 amide bonds. The van der Waals surface area contributed by atoms with Crippen molar-refractivity contribution in [1.82, 2.24) is 0 Å². The Morgan fingerprint density at radius 1 is 1.11 bits per heavy atom. The normalized spacial score (nSPS) is 10.1. The van der Waals surface area contributed by atoms with Crippen molar-refractivity contribution in [1.29, 1.82) is 0 Å². The quantitative estimate of drug-likeness (QED) is 0.384. The van der Waals surface area contributed by atoms with Gasteiger partial charge in [0.1, 0.15) is 5.02 Å². The summed E-state index contributed by atoms with van der Waals surface area (Å²) in [6, 6.07) is 10.6. The molecule has 0 unspecified atom stereocenters. The van der Waals surface area contributed by atoms with Crippen LogP contribution in [0.15, 0.2) is 42.5 Å². The lowest BCUT2D eigenvalue weighted by atomic mass is 10.3. The van der Waals surface area contributed by atoms with Crippen LogP contribution in [0.5, 0.6) is 11.5 Å². The zero-order valence-corrected chi connectivity index (χ0v) is 15.6. The number of nitrogens with zero attached hydrogens (tertiary/aromatic N) is 1. The summed E-state index contributed by atoms with van der Waals surface area (Å²) in [7, 11) is 0. The highest BCUT2D eigenvalue weighted by Gasteiger charge is 2.15. The van der Waals surface area contributed by atoms with Crippen molar-refractivity contribution in [2.45, 2.75) is 6.92 Å². The minimum atomic E-state index is -0.761. The summed E-state index contributed by atoms with van der Waals surface area (Å²) in [5.41, 5.74) is -0.197. The lowest BCUT2D eigenvalue weighted by molar-refractivity contribution is -0.384. The fourth-order valence-electron chi connectivity index (χ4n) is 2.10. The van der Waals surface area contributed by atoms with Crippen LogP contribution in [0.1, 0.15) is 6.92 Å². The molecule has 9 nitrogen and oxygen atoms in total. The van der Waals surface area contributed by atoms with Gasteiger partial charge in [-0.05, 0) is 31.2 Å². The summed E-state index contributed by atoms with van der Waals surface area (Å²) in [6.07, 6.45) is 0. The molecular formula is C18H17ClN2O7. The summed E-state index contributed by atoms with van der Waals surface area (Å²) in [5.74, 6) is -0.567. The fraction of sp³-hybridized carbons (Fsp3) is 0.222. The van der Waals surface area contributed by atoms with Crippen LogP contribution in [0.25, 0.3) is 0 Å². The van der Waals surface area contributed by atoms with E-state index in [9.17, 15) is 19.7 Å². The third-order valence-corrected chi connectivity index (χ3v) is 3.60. The number of hydrogen-bond donors (Lipinski definition) is 1. The van der Waals surface area contributed by atoms with Gasteiger partial charge < -0.3 is 19.5 Å². The first-order valence-corrected chi connectivity index (χ1v) is 8.52. The maximum absolute atomic E-state index is 11.8. The van der Waals surface area contributed by atoms with E-state index in [4.69, 9.17) is 25.8 Å². The zero-order chi connectivity index (χ0) is 20.5. The molecule has 0 bridgehead atoms. The first kappa shape index (κ1) is 21.0. The van der Waals surface area contributed by atoms with Gasteiger partial charge in [-0.2, -0.15) is 0 Å². The summed E-state index contributed by atoms with van der Waals surface area (Å²) < 4.78 is 15.5. The van der Waals surface area contributed by atoms with Gasteiger partial charge >= 0.3 is 5.97 Å². The molecule has 10 heteroatoms. The van der Waals surface area contributed by atoms with Crippen LogP contribution >= 0.6 is 11.6 Å². The number of ether oxygens (including phenoxy) is 3. The van der Waals surface area contributed by atoms with E-state index >= 15 is 0 Å². The molecule has 1 N–H and O–H groups in total. The van der Waals surface area contributed by atoms with Gasteiger partial charge in [-0.15, -0.1) is 0 Å². The molecule has 0 atom stereocenters. The number of hydrogen-bond acceptors (Lipinski definition) is 7. The molecule has 0 radical (unpaired) electrons. The lowest BCUT2D eigenvalue weighted by Crippen LogP contribution is -2.23. The van der Waals surface area contributed by atoms with Crippen LogP contribution in [0.2, 0.25) is 5.02 Å². The second-order valence-corrected chi connectivity index (χ2v) is 5.71. The van der Waals surface area contributed by atoms with Crippen molar-refractivity contribution >= 4 is 34.9 Å². The highest BCUT2D eigenvalue weighted by molar-refractivity contribution is 6.32. The second-order valence-electron chi connectivity index (χ2n) is 5.30. The van der Waals surface area contributed by atoms with E-state index in [0.717, 1.165) is 6.07 Å². The van der Waals surface area contributed by atoms with E-state index in [1.165, 1.54) is 12.1 Å². The molecule has 0 spiro atoms. The number of amides is 1. The Labute approximate surface area is 165 Å². The molecule has 0 aliphatic heterocycles. The number of benzene rings is 2. The number of carbonyl (C=O) groups excluding carboxylic acids is 2. The molecule has 0 aliphatic rings. The summed E-state index contributed by atoms with van der Waals surface area (Å²) in [4.78, 5) is 33.8. The topological polar surface area (TPSA) is 117 Å². The smallest absolute Gasteiger partial charge is 0.344 e. The lowest BCUT2D eigenvalue weighted by Gasteiger charge is -2.11. The maximum atomic E-state index is 11.8. The molecule has 0 heterocycles. The van der Waals surface area contributed by atoms with Crippen molar-refractivity contribution in [3.8, 4) is 11.5 Å². The monoisotopic (exact) mass is 408 g/mol. The minimum Gasteiger partial charge on any atom is -0.490 e. The van der Waals surface area contributed by atoms with E-state index in [-0.39, 0.29) is 16.4 Å². The summed E-state index contributed by atoms with van der Waals surface area (Å²) >= 11 is 5.70. The number of esters is 1. The van der Waals surface area contributed by atoms with Gasteiger partial charge in [0.25, 0.3) is 11.6 Å². The Morgan fingerprint density at radius 3 is 2.43 bits per heavy atom. The van der Waals surface area contributed by atoms with E-state index in [1.54, 1.807) is 24.3 Å². The van der Waals surface area contributed by atoms with Gasteiger partial charge in [-0.3, -0.25) is 14.9 Å².